The van der Waals surface area contributed by atoms with E-state index >= 15 is 0 Å². The molecule has 0 rings (SSSR count). The molecule has 0 saturated heterocycles. The summed E-state index contributed by atoms with van der Waals surface area (Å²) in [5.74, 6) is 2.45. The smallest absolute Gasteiger partial charge is 0.129 e. The normalized spacial score (nSPS) is 13.2. The number of rotatable bonds is 25. The first-order chi connectivity index (χ1) is 15.4. The van der Waals surface area contributed by atoms with Crippen LogP contribution in [-0.4, -0.2) is 11.6 Å². The van der Waals surface area contributed by atoms with E-state index in [1.54, 1.807) is 13.8 Å². The Kier molecular flexibility index (Phi) is 23.0. The minimum Gasteiger partial charge on any atom is -0.300 e. The third-order valence-corrected chi connectivity index (χ3v) is 7.35. The largest absolute Gasteiger partial charge is 0.300 e. The first kappa shape index (κ1) is 31.3. The van der Waals surface area contributed by atoms with Crippen molar-refractivity contribution in [3.63, 3.8) is 0 Å². The van der Waals surface area contributed by atoms with Gasteiger partial charge in [0.1, 0.15) is 11.6 Å². The van der Waals surface area contributed by atoms with Gasteiger partial charge >= 0.3 is 0 Å². The second-order valence-electron chi connectivity index (χ2n) is 10.8. The highest BCUT2D eigenvalue weighted by atomic mass is 16.1. The van der Waals surface area contributed by atoms with Crippen LogP contribution in [0, 0.1) is 11.8 Å². The van der Waals surface area contributed by atoms with Crippen molar-refractivity contribution in [1.82, 2.24) is 0 Å². The standard InChI is InChI=1S/C30H58O2/c1-27(23-19-15-11-7-5-9-13-17-21-25-29(3)31)28(2)24-20-16-12-8-6-10-14-18-22-26-30(4)32/h27-28H,5-26H2,1-4H3. The third-order valence-electron chi connectivity index (χ3n) is 7.35. The number of carbonyl (C=O) groups is 2. The van der Waals surface area contributed by atoms with E-state index in [1.807, 2.05) is 0 Å². The van der Waals surface area contributed by atoms with E-state index in [0.29, 0.717) is 11.6 Å². The van der Waals surface area contributed by atoms with Crippen LogP contribution < -0.4 is 0 Å². The number of ketones is 2. The lowest BCUT2D eigenvalue weighted by Gasteiger charge is -2.19. The molecule has 0 heterocycles. The van der Waals surface area contributed by atoms with Gasteiger partial charge in [-0.1, -0.05) is 129 Å². The van der Waals surface area contributed by atoms with Crippen molar-refractivity contribution < 1.29 is 9.59 Å². The zero-order chi connectivity index (χ0) is 23.9. The Morgan fingerprint density at radius 2 is 0.625 bits per heavy atom. The summed E-state index contributed by atoms with van der Waals surface area (Å²) in [5.41, 5.74) is 0. The van der Waals surface area contributed by atoms with E-state index < -0.39 is 0 Å². The fourth-order valence-electron chi connectivity index (χ4n) is 4.72. The molecular formula is C30H58O2. The number of hydrogen-bond donors (Lipinski definition) is 0. The number of unbranched alkanes of at least 4 members (excludes halogenated alkanes) is 16. The molecule has 0 aromatic heterocycles. The van der Waals surface area contributed by atoms with Gasteiger partial charge in [0, 0.05) is 12.8 Å². The predicted molar refractivity (Wildman–Crippen MR) is 141 cm³/mol. The lowest BCUT2D eigenvalue weighted by molar-refractivity contribution is -0.117. The molecule has 2 unspecified atom stereocenters. The molecule has 2 heteroatoms. The van der Waals surface area contributed by atoms with Crippen molar-refractivity contribution in [1.29, 1.82) is 0 Å². The molecule has 2 nitrogen and oxygen atoms in total. The average Bonchev–Trinajstić information content (AvgIpc) is 2.74. The lowest BCUT2D eigenvalue weighted by Crippen LogP contribution is -2.08. The van der Waals surface area contributed by atoms with Gasteiger partial charge in [-0.2, -0.15) is 0 Å². The molecule has 0 N–H and O–H groups in total. The molecule has 0 aromatic carbocycles. The van der Waals surface area contributed by atoms with E-state index in [1.165, 1.54) is 116 Å². The van der Waals surface area contributed by atoms with Crippen LogP contribution in [0.15, 0.2) is 0 Å². The summed E-state index contributed by atoms with van der Waals surface area (Å²) in [6.07, 6.45) is 28.4. The van der Waals surface area contributed by atoms with E-state index in [0.717, 1.165) is 37.5 Å². The molecule has 2 atom stereocenters. The van der Waals surface area contributed by atoms with Crippen molar-refractivity contribution in [2.24, 2.45) is 11.8 Å². The summed E-state index contributed by atoms with van der Waals surface area (Å²) in [5, 5.41) is 0. The quantitative estimate of drug-likeness (QED) is 0.130. The van der Waals surface area contributed by atoms with Gasteiger partial charge in [0.05, 0.1) is 0 Å². The first-order valence-corrected chi connectivity index (χ1v) is 14.4. The minimum atomic E-state index is 0.342. The molecule has 0 spiro atoms. The summed E-state index contributed by atoms with van der Waals surface area (Å²) < 4.78 is 0. The van der Waals surface area contributed by atoms with Crippen LogP contribution in [0.2, 0.25) is 0 Å². The molecule has 0 aliphatic rings. The predicted octanol–water partition coefficient (Wildman–Crippen LogP) is 10.0. The first-order valence-electron chi connectivity index (χ1n) is 14.4. The molecule has 32 heavy (non-hydrogen) atoms. The summed E-state index contributed by atoms with van der Waals surface area (Å²) in [4.78, 5) is 21.8. The Labute approximate surface area is 202 Å². The van der Waals surface area contributed by atoms with Crippen LogP contribution in [-0.2, 0) is 9.59 Å². The van der Waals surface area contributed by atoms with Gasteiger partial charge in [-0.05, 0) is 38.5 Å². The molecule has 0 radical (unpaired) electrons. The van der Waals surface area contributed by atoms with Crippen LogP contribution in [0.3, 0.4) is 0 Å². The summed E-state index contributed by atoms with van der Waals surface area (Å²) in [6, 6.07) is 0. The van der Waals surface area contributed by atoms with Crippen LogP contribution in [0.25, 0.3) is 0 Å². The van der Waals surface area contributed by atoms with Gasteiger partial charge < -0.3 is 9.59 Å². The monoisotopic (exact) mass is 450 g/mol. The molecule has 0 bridgehead atoms. The molecule has 0 aromatic rings. The van der Waals surface area contributed by atoms with E-state index in [4.69, 9.17) is 0 Å². The molecule has 190 valence electrons. The molecule has 0 aliphatic heterocycles. The highest BCUT2D eigenvalue weighted by Crippen LogP contribution is 2.24. The van der Waals surface area contributed by atoms with E-state index in [2.05, 4.69) is 13.8 Å². The summed E-state index contributed by atoms with van der Waals surface area (Å²) >= 11 is 0. The van der Waals surface area contributed by atoms with Gasteiger partial charge in [0.2, 0.25) is 0 Å². The van der Waals surface area contributed by atoms with Crippen LogP contribution in [0.5, 0.6) is 0 Å². The number of carbonyl (C=O) groups excluding carboxylic acids is 2. The Morgan fingerprint density at radius 1 is 0.406 bits per heavy atom. The van der Waals surface area contributed by atoms with Crippen molar-refractivity contribution in [3.05, 3.63) is 0 Å². The Balaban J connectivity index is 3.33. The number of Topliss-reactive ketones (excluding diaryl/α,β-unsaturated/α-hetero) is 2. The van der Waals surface area contributed by atoms with Gasteiger partial charge in [0.15, 0.2) is 0 Å². The average molecular weight is 451 g/mol. The second-order valence-corrected chi connectivity index (χ2v) is 10.8. The second kappa shape index (κ2) is 23.5. The van der Waals surface area contributed by atoms with E-state index in [9.17, 15) is 9.59 Å². The van der Waals surface area contributed by atoms with Crippen LogP contribution in [0.4, 0.5) is 0 Å². The lowest BCUT2D eigenvalue weighted by atomic mass is 9.86. The SMILES string of the molecule is CC(=O)CCCCCCCCCCCC(C)C(C)CCCCCCCCCCCC(C)=O. The van der Waals surface area contributed by atoms with Gasteiger partial charge in [0.25, 0.3) is 0 Å². The van der Waals surface area contributed by atoms with Crippen molar-refractivity contribution in [3.8, 4) is 0 Å². The van der Waals surface area contributed by atoms with Crippen molar-refractivity contribution in [2.45, 2.75) is 169 Å². The molecule has 0 aliphatic carbocycles. The van der Waals surface area contributed by atoms with Crippen molar-refractivity contribution in [2.75, 3.05) is 0 Å². The van der Waals surface area contributed by atoms with Gasteiger partial charge in [-0.25, -0.2) is 0 Å². The maximum absolute atomic E-state index is 10.9. The summed E-state index contributed by atoms with van der Waals surface area (Å²) in [7, 11) is 0. The Morgan fingerprint density at radius 3 is 0.875 bits per heavy atom. The molecule has 0 saturated carbocycles. The maximum Gasteiger partial charge on any atom is 0.129 e. The van der Waals surface area contributed by atoms with Crippen LogP contribution >= 0.6 is 0 Å². The zero-order valence-electron chi connectivity index (χ0n) is 22.5. The topological polar surface area (TPSA) is 34.1 Å². The zero-order valence-corrected chi connectivity index (χ0v) is 22.5. The fourth-order valence-corrected chi connectivity index (χ4v) is 4.72. The third kappa shape index (κ3) is 24.0. The maximum atomic E-state index is 10.9. The minimum absolute atomic E-state index is 0.342. The Hall–Kier alpha value is -0.660. The molecular weight excluding hydrogens is 392 g/mol. The summed E-state index contributed by atoms with van der Waals surface area (Å²) in [6.45, 7) is 8.34. The van der Waals surface area contributed by atoms with Gasteiger partial charge in [-0.3, -0.25) is 0 Å². The van der Waals surface area contributed by atoms with Crippen molar-refractivity contribution >= 4 is 11.6 Å². The molecule has 0 fully saturated rings. The Bertz CT molecular complexity index is 389. The van der Waals surface area contributed by atoms with E-state index in [-0.39, 0.29) is 0 Å². The highest BCUT2D eigenvalue weighted by Gasteiger charge is 2.11. The van der Waals surface area contributed by atoms with Gasteiger partial charge in [-0.15, -0.1) is 0 Å². The molecule has 0 amide bonds. The number of hydrogen-bond acceptors (Lipinski definition) is 2. The fraction of sp³-hybridized carbons (Fsp3) is 0.933. The van der Waals surface area contributed by atoms with Crippen LogP contribution in [0.1, 0.15) is 169 Å². The highest BCUT2D eigenvalue weighted by molar-refractivity contribution is 5.75.